The number of nitrogens with one attached hydrogen (secondary N) is 3. The Morgan fingerprint density at radius 2 is 1.76 bits per heavy atom. The van der Waals surface area contributed by atoms with E-state index in [2.05, 4.69) is 43.3 Å². The Bertz CT molecular complexity index is 1050. The lowest BCUT2D eigenvalue weighted by Crippen LogP contribution is -2.59. The minimum Gasteiger partial charge on any atom is -0.446 e. The summed E-state index contributed by atoms with van der Waals surface area (Å²) in [5.74, 6) is -1.60. The molecule has 4 rings (SSSR count). The smallest absolute Gasteiger partial charge is 0.408 e. The normalized spacial score (nSPS) is 29.5. The van der Waals surface area contributed by atoms with Gasteiger partial charge in [-0.15, -0.1) is 6.58 Å². The fourth-order valence-corrected chi connectivity index (χ4v) is 7.64. The number of hydrogen-bond acceptors (Lipinski definition) is 6. The number of ketones is 1. The molecule has 3 aliphatic carbocycles. The van der Waals surface area contributed by atoms with Gasteiger partial charge in [0.25, 0.3) is 5.91 Å². The Labute approximate surface area is 250 Å². The summed E-state index contributed by atoms with van der Waals surface area (Å²) in [6.45, 7) is 12.3. The summed E-state index contributed by atoms with van der Waals surface area (Å²) in [4.78, 5) is 68.1. The summed E-state index contributed by atoms with van der Waals surface area (Å²) < 4.78 is 5.73. The number of carbonyl (C=O) groups is 5. The van der Waals surface area contributed by atoms with Gasteiger partial charge in [0.05, 0.1) is 6.04 Å². The van der Waals surface area contributed by atoms with Gasteiger partial charge in [0.2, 0.25) is 17.6 Å². The standard InChI is InChI=1S/C32H50N4O6/c1-6-11-23(27(37)29(39)33-16-7-2)34-28(38)26-24-22(32(24,4)5)18-36(26)30(40)25(20-12-9-8-10-13-20)35-31(41)42-21-15-14-19(3)17-21/h7,19-26H,2,6,8-18H2,1,3-5H3,(H,33,39)(H,34,38)(H,35,41)/t19?,21?,22-,23?,24-,25?,26+/m1/s1. The minimum absolute atomic E-state index is 0.0297. The lowest BCUT2D eigenvalue weighted by molar-refractivity contribution is -0.145. The molecule has 4 fully saturated rings. The van der Waals surface area contributed by atoms with Crippen LogP contribution in [-0.4, -0.2) is 71.8 Å². The van der Waals surface area contributed by atoms with Crippen LogP contribution in [0.25, 0.3) is 0 Å². The molecule has 10 nitrogen and oxygen atoms in total. The number of ether oxygens (including phenoxy) is 1. The Kier molecular flexibility index (Phi) is 10.4. The van der Waals surface area contributed by atoms with Crippen LogP contribution in [-0.2, 0) is 23.9 Å². The first-order valence-corrected chi connectivity index (χ1v) is 16.0. The molecular formula is C32H50N4O6. The molecule has 0 aromatic heterocycles. The van der Waals surface area contributed by atoms with E-state index in [0.29, 0.717) is 25.3 Å². The minimum atomic E-state index is -0.985. The van der Waals surface area contributed by atoms with Crippen LogP contribution in [0.3, 0.4) is 0 Å². The summed E-state index contributed by atoms with van der Waals surface area (Å²) in [5.41, 5.74) is -0.129. The van der Waals surface area contributed by atoms with Crippen LogP contribution in [0.1, 0.15) is 91.9 Å². The highest BCUT2D eigenvalue weighted by atomic mass is 16.6. The van der Waals surface area contributed by atoms with Crippen molar-refractivity contribution < 1.29 is 28.7 Å². The van der Waals surface area contributed by atoms with Crippen LogP contribution in [0.15, 0.2) is 12.7 Å². The van der Waals surface area contributed by atoms with Crippen LogP contribution in [0.5, 0.6) is 0 Å². The second kappa shape index (κ2) is 13.6. The monoisotopic (exact) mass is 586 g/mol. The Balaban J connectivity index is 1.52. The lowest BCUT2D eigenvalue weighted by Gasteiger charge is -2.37. The van der Waals surface area contributed by atoms with E-state index < -0.39 is 41.8 Å². The van der Waals surface area contributed by atoms with E-state index >= 15 is 0 Å². The molecule has 7 atom stereocenters. The third-order valence-corrected chi connectivity index (χ3v) is 10.2. The number of alkyl carbamates (subject to hydrolysis) is 1. The molecule has 1 saturated heterocycles. The van der Waals surface area contributed by atoms with E-state index in [1.165, 1.54) is 6.08 Å². The van der Waals surface area contributed by atoms with Gasteiger partial charge in [-0.1, -0.05) is 59.5 Å². The number of Topliss-reactive ketones (excluding diaryl/α,β-unsaturated/α-hetero) is 1. The van der Waals surface area contributed by atoms with Gasteiger partial charge in [-0.2, -0.15) is 0 Å². The van der Waals surface area contributed by atoms with Crippen molar-refractivity contribution in [1.29, 1.82) is 0 Å². The quantitative estimate of drug-likeness (QED) is 0.237. The molecule has 0 radical (unpaired) electrons. The molecule has 0 bridgehead atoms. The Morgan fingerprint density at radius 1 is 1.05 bits per heavy atom. The van der Waals surface area contributed by atoms with E-state index in [-0.39, 0.29) is 41.7 Å². The third-order valence-electron chi connectivity index (χ3n) is 10.2. The zero-order valence-corrected chi connectivity index (χ0v) is 25.8. The van der Waals surface area contributed by atoms with Crippen molar-refractivity contribution >= 4 is 29.6 Å². The number of nitrogens with zero attached hydrogens (tertiary/aromatic N) is 1. The van der Waals surface area contributed by atoms with E-state index in [1.807, 2.05) is 6.92 Å². The molecule has 4 unspecified atom stereocenters. The first-order valence-electron chi connectivity index (χ1n) is 16.0. The number of hydrogen-bond donors (Lipinski definition) is 3. The molecule has 4 amide bonds. The van der Waals surface area contributed by atoms with Gasteiger partial charge in [0, 0.05) is 13.1 Å². The highest BCUT2D eigenvalue weighted by Crippen LogP contribution is 2.65. The second-order valence-corrected chi connectivity index (χ2v) is 13.6. The molecule has 4 aliphatic rings. The average molecular weight is 587 g/mol. The zero-order valence-electron chi connectivity index (χ0n) is 25.8. The topological polar surface area (TPSA) is 134 Å². The molecular weight excluding hydrogens is 536 g/mol. The molecule has 1 heterocycles. The number of amides is 4. The van der Waals surface area contributed by atoms with Crippen LogP contribution >= 0.6 is 0 Å². The Morgan fingerprint density at radius 3 is 2.38 bits per heavy atom. The van der Waals surface area contributed by atoms with Crippen molar-refractivity contribution in [1.82, 2.24) is 20.9 Å². The molecule has 3 saturated carbocycles. The summed E-state index contributed by atoms with van der Waals surface area (Å²) in [7, 11) is 0. The predicted molar refractivity (Wildman–Crippen MR) is 158 cm³/mol. The second-order valence-electron chi connectivity index (χ2n) is 13.6. The van der Waals surface area contributed by atoms with Gasteiger partial charge in [-0.25, -0.2) is 4.79 Å². The number of carbonyl (C=O) groups excluding carboxylic acids is 5. The predicted octanol–water partition coefficient (Wildman–Crippen LogP) is 3.49. The maximum atomic E-state index is 14.3. The van der Waals surface area contributed by atoms with E-state index in [4.69, 9.17) is 4.74 Å². The molecule has 3 N–H and O–H groups in total. The average Bonchev–Trinajstić information content (AvgIpc) is 3.30. The van der Waals surface area contributed by atoms with Gasteiger partial charge in [-0.05, 0) is 67.6 Å². The van der Waals surface area contributed by atoms with Gasteiger partial charge in [0.1, 0.15) is 18.2 Å². The van der Waals surface area contributed by atoms with Gasteiger partial charge in [0.15, 0.2) is 0 Å². The van der Waals surface area contributed by atoms with E-state index in [9.17, 15) is 24.0 Å². The van der Waals surface area contributed by atoms with Gasteiger partial charge in [-0.3, -0.25) is 19.2 Å². The summed E-state index contributed by atoms with van der Waals surface area (Å²) in [5, 5.41) is 8.25. The van der Waals surface area contributed by atoms with Crippen molar-refractivity contribution in [2.45, 2.75) is 116 Å². The summed E-state index contributed by atoms with van der Waals surface area (Å²) >= 11 is 0. The van der Waals surface area contributed by atoms with Crippen molar-refractivity contribution in [3.63, 3.8) is 0 Å². The maximum absolute atomic E-state index is 14.3. The SMILES string of the molecule is C=CCNC(=O)C(=O)C(CCC)NC(=O)[C@@H]1[C@H]2[C@@H](CN1C(=O)C(NC(=O)OC1CCC(C)C1)C1CCCCC1)C2(C)C. The van der Waals surface area contributed by atoms with Crippen molar-refractivity contribution in [2.75, 3.05) is 13.1 Å². The fraction of sp³-hybridized carbons (Fsp3) is 0.781. The molecule has 234 valence electrons. The molecule has 0 aromatic rings. The van der Waals surface area contributed by atoms with Crippen molar-refractivity contribution in [3.8, 4) is 0 Å². The first kappa shape index (κ1) is 32.0. The molecule has 1 aliphatic heterocycles. The third kappa shape index (κ3) is 7.00. The van der Waals surface area contributed by atoms with Crippen LogP contribution in [0.2, 0.25) is 0 Å². The van der Waals surface area contributed by atoms with Crippen molar-refractivity contribution in [2.24, 2.45) is 29.1 Å². The van der Waals surface area contributed by atoms with E-state index in [1.54, 1.807) is 4.90 Å². The fourth-order valence-electron chi connectivity index (χ4n) is 7.64. The maximum Gasteiger partial charge on any atom is 0.408 e. The van der Waals surface area contributed by atoms with Gasteiger partial charge < -0.3 is 25.6 Å². The van der Waals surface area contributed by atoms with Crippen LogP contribution in [0.4, 0.5) is 4.79 Å². The largest absolute Gasteiger partial charge is 0.446 e. The number of piperidine rings is 1. The first-order chi connectivity index (χ1) is 20.0. The van der Waals surface area contributed by atoms with Crippen LogP contribution < -0.4 is 16.0 Å². The van der Waals surface area contributed by atoms with Crippen molar-refractivity contribution in [3.05, 3.63) is 12.7 Å². The van der Waals surface area contributed by atoms with Crippen LogP contribution in [0, 0.1) is 29.1 Å². The highest BCUT2D eigenvalue weighted by Gasteiger charge is 2.69. The lowest BCUT2D eigenvalue weighted by atomic mass is 9.83. The summed E-state index contributed by atoms with van der Waals surface area (Å²) in [6, 6.07) is -2.54. The zero-order chi connectivity index (χ0) is 30.6. The molecule has 0 aromatic carbocycles. The van der Waals surface area contributed by atoms with Gasteiger partial charge >= 0.3 is 6.09 Å². The van der Waals surface area contributed by atoms with E-state index in [0.717, 1.165) is 51.4 Å². The Hall–Kier alpha value is -2.91. The summed E-state index contributed by atoms with van der Waals surface area (Å²) in [6.07, 6.45) is 9.07. The highest BCUT2D eigenvalue weighted by molar-refractivity contribution is 6.38. The molecule has 42 heavy (non-hydrogen) atoms. The molecule has 0 spiro atoms. The number of likely N-dealkylation sites (tertiary alicyclic amines) is 1. The number of fused-ring (bicyclic) bond motifs is 1. The number of rotatable bonds is 12. The molecule has 10 heteroatoms.